The summed E-state index contributed by atoms with van der Waals surface area (Å²) in [4.78, 5) is 13.6. The monoisotopic (exact) mass is 454 g/mol. The molecule has 3 aromatic rings. The van der Waals surface area contributed by atoms with Crippen molar-refractivity contribution in [3.05, 3.63) is 93.1 Å². The lowest BCUT2D eigenvalue weighted by Gasteiger charge is -2.20. The molecule has 0 radical (unpaired) electrons. The van der Waals surface area contributed by atoms with Crippen LogP contribution in [-0.2, 0) is 11.4 Å². The number of carbonyl (C=O) groups is 1. The fourth-order valence-electron chi connectivity index (χ4n) is 3.23. The minimum Gasteiger partial charge on any atom is -0.489 e. The molecule has 0 atom stereocenters. The van der Waals surface area contributed by atoms with Gasteiger partial charge in [-0.05, 0) is 68.0 Å². The molecule has 0 spiro atoms. The van der Waals surface area contributed by atoms with Crippen LogP contribution >= 0.6 is 35.6 Å². The topological polar surface area (TPSA) is 34.5 Å². The molecule has 2 aromatic carbocycles. The third-order valence-electron chi connectivity index (χ3n) is 4.72. The standard InChI is InChI=1S/C23H19ClN2O2S2/c1-15-10-11-16(2)25(15)26-22(27)21(30-23(26)29)13-17-6-5-8-19(12-17)28-14-18-7-3-4-9-20(18)24/h3-13H,14H2,1-2H3/b21-13+. The maximum Gasteiger partial charge on any atom is 0.285 e. The highest BCUT2D eigenvalue weighted by molar-refractivity contribution is 8.27. The third kappa shape index (κ3) is 4.17. The van der Waals surface area contributed by atoms with Gasteiger partial charge in [0.15, 0.2) is 4.32 Å². The van der Waals surface area contributed by atoms with Gasteiger partial charge in [0.05, 0.1) is 4.91 Å². The Morgan fingerprint density at radius 3 is 2.53 bits per heavy atom. The Bertz CT molecular complexity index is 1150. The number of hydrogen-bond acceptors (Lipinski definition) is 4. The van der Waals surface area contributed by atoms with Crippen LogP contribution in [0.1, 0.15) is 22.5 Å². The molecule has 30 heavy (non-hydrogen) atoms. The second-order valence-corrected chi connectivity index (χ2v) is 8.96. The lowest BCUT2D eigenvalue weighted by Crippen LogP contribution is -2.39. The Labute approximate surface area is 190 Å². The first-order valence-corrected chi connectivity index (χ1v) is 10.9. The zero-order chi connectivity index (χ0) is 21.3. The summed E-state index contributed by atoms with van der Waals surface area (Å²) in [5, 5.41) is 2.22. The van der Waals surface area contributed by atoms with Gasteiger partial charge in [-0.25, -0.2) is 0 Å². The average Bonchev–Trinajstić information content (AvgIpc) is 3.19. The summed E-state index contributed by atoms with van der Waals surface area (Å²) in [6.45, 7) is 4.28. The SMILES string of the molecule is Cc1ccc(C)n1N1C(=O)/C(=C\c2cccc(OCc3ccccc3Cl)c2)SC1=S. The minimum atomic E-state index is -0.130. The number of nitrogens with zero attached hydrogens (tertiary/aromatic N) is 2. The van der Waals surface area contributed by atoms with Crippen LogP contribution in [0.4, 0.5) is 0 Å². The molecule has 2 heterocycles. The van der Waals surface area contributed by atoms with Crippen molar-refractivity contribution in [2.24, 2.45) is 0 Å². The highest BCUT2D eigenvalue weighted by atomic mass is 35.5. The molecule has 4 rings (SSSR count). The molecular formula is C23H19ClN2O2S2. The zero-order valence-electron chi connectivity index (χ0n) is 16.5. The predicted molar refractivity (Wildman–Crippen MR) is 128 cm³/mol. The van der Waals surface area contributed by atoms with Crippen molar-refractivity contribution in [1.29, 1.82) is 0 Å². The summed E-state index contributed by atoms with van der Waals surface area (Å²) in [5.74, 6) is 0.575. The van der Waals surface area contributed by atoms with Crippen molar-refractivity contribution in [1.82, 2.24) is 4.68 Å². The maximum atomic E-state index is 13.0. The van der Waals surface area contributed by atoms with Gasteiger partial charge in [-0.2, -0.15) is 5.01 Å². The second kappa shape index (κ2) is 8.68. The number of aromatic nitrogens is 1. The van der Waals surface area contributed by atoms with Crippen LogP contribution in [0.25, 0.3) is 6.08 Å². The van der Waals surface area contributed by atoms with E-state index < -0.39 is 0 Å². The van der Waals surface area contributed by atoms with E-state index in [1.54, 1.807) is 5.01 Å². The quantitative estimate of drug-likeness (QED) is 0.356. The molecule has 0 unspecified atom stereocenters. The Morgan fingerprint density at radius 2 is 1.80 bits per heavy atom. The van der Waals surface area contributed by atoms with Gasteiger partial charge in [0.2, 0.25) is 0 Å². The van der Waals surface area contributed by atoms with Crippen molar-refractivity contribution < 1.29 is 9.53 Å². The van der Waals surface area contributed by atoms with Crippen LogP contribution in [0.15, 0.2) is 65.6 Å². The fourth-order valence-corrected chi connectivity index (χ4v) is 4.66. The average molecular weight is 455 g/mol. The van der Waals surface area contributed by atoms with E-state index in [1.807, 2.05) is 85.3 Å². The molecule has 7 heteroatoms. The Kier molecular flexibility index (Phi) is 5.99. The number of ether oxygens (including phenoxy) is 1. The van der Waals surface area contributed by atoms with E-state index in [0.717, 1.165) is 22.5 Å². The number of rotatable bonds is 5. The molecule has 4 nitrogen and oxygen atoms in total. The smallest absolute Gasteiger partial charge is 0.285 e. The van der Waals surface area contributed by atoms with Crippen LogP contribution in [0.3, 0.4) is 0 Å². The summed E-state index contributed by atoms with van der Waals surface area (Å²) < 4.78 is 8.25. The van der Waals surface area contributed by atoms with Gasteiger partial charge in [-0.3, -0.25) is 9.47 Å². The van der Waals surface area contributed by atoms with Gasteiger partial charge in [0.25, 0.3) is 5.91 Å². The van der Waals surface area contributed by atoms with Crippen LogP contribution in [0.2, 0.25) is 5.02 Å². The number of hydrogen-bond donors (Lipinski definition) is 0. The molecule has 1 fully saturated rings. The van der Waals surface area contributed by atoms with E-state index in [1.165, 1.54) is 11.8 Å². The number of carbonyl (C=O) groups excluding carboxylic acids is 1. The van der Waals surface area contributed by atoms with E-state index in [9.17, 15) is 4.79 Å². The van der Waals surface area contributed by atoms with E-state index in [2.05, 4.69) is 0 Å². The van der Waals surface area contributed by atoms with Gasteiger partial charge in [-0.1, -0.05) is 53.7 Å². The predicted octanol–water partition coefficient (Wildman–Crippen LogP) is 5.87. The molecule has 1 aromatic heterocycles. The molecule has 1 aliphatic heterocycles. The Hall–Kier alpha value is -2.54. The second-order valence-electron chi connectivity index (χ2n) is 6.87. The van der Waals surface area contributed by atoms with Gasteiger partial charge in [-0.15, -0.1) is 0 Å². The lowest BCUT2D eigenvalue weighted by atomic mass is 10.2. The first-order chi connectivity index (χ1) is 14.4. The first kappa shape index (κ1) is 20.7. The van der Waals surface area contributed by atoms with E-state index in [0.29, 0.717) is 26.6 Å². The van der Waals surface area contributed by atoms with Crippen molar-refractivity contribution in [3.63, 3.8) is 0 Å². The number of thiocarbonyl (C=S) groups is 1. The Morgan fingerprint density at radius 1 is 1.07 bits per heavy atom. The first-order valence-electron chi connectivity index (χ1n) is 9.33. The number of thioether (sulfide) groups is 1. The highest BCUT2D eigenvalue weighted by Gasteiger charge is 2.34. The van der Waals surface area contributed by atoms with Gasteiger partial charge >= 0.3 is 0 Å². The van der Waals surface area contributed by atoms with E-state index in [4.69, 9.17) is 28.6 Å². The van der Waals surface area contributed by atoms with Gasteiger partial charge in [0.1, 0.15) is 12.4 Å². The maximum absolute atomic E-state index is 13.0. The number of halogens is 1. The number of amides is 1. The Balaban J connectivity index is 1.54. The summed E-state index contributed by atoms with van der Waals surface area (Å²) in [7, 11) is 0. The van der Waals surface area contributed by atoms with Crippen molar-refractivity contribution in [3.8, 4) is 5.75 Å². The summed E-state index contributed by atoms with van der Waals surface area (Å²) >= 11 is 13.0. The molecular weight excluding hydrogens is 436 g/mol. The summed E-state index contributed by atoms with van der Waals surface area (Å²) in [6.07, 6.45) is 1.84. The van der Waals surface area contributed by atoms with Crippen molar-refractivity contribution in [2.75, 3.05) is 5.01 Å². The zero-order valence-corrected chi connectivity index (χ0v) is 18.9. The van der Waals surface area contributed by atoms with Crippen LogP contribution in [0, 0.1) is 13.8 Å². The number of benzene rings is 2. The molecule has 1 amide bonds. The molecule has 0 aliphatic carbocycles. The van der Waals surface area contributed by atoms with Crippen LogP contribution < -0.4 is 9.75 Å². The largest absolute Gasteiger partial charge is 0.489 e. The summed E-state index contributed by atoms with van der Waals surface area (Å²) in [5.41, 5.74) is 3.70. The molecule has 1 saturated heterocycles. The third-order valence-corrected chi connectivity index (χ3v) is 6.37. The lowest BCUT2D eigenvalue weighted by molar-refractivity contribution is -0.114. The van der Waals surface area contributed by atoms with Crippen molar-refractivity contribution >= 4 is 51.9 Å². The van der Waals surface area contributed by atoms with E-state index >= 15 is 0 Å². The number of aryl methyl sites for hydroxylation is 2. The van der Waals surface area contributed by atoms with Gasteiger partial charge < -0.3 is 4.74 Å². The summed E-state index contributed by atoms with van der Waals surface area (Å²) in [6, 6.07) is 19.1. The molecule has 0 saturated carbocycles. The molecule has 0 bridgehead atoms. The highest BCUT2D eigenvalue weighted by Crippen LogP contribution is 2.33. The minimum absolute atomic E-state index is 0.130. The molecule has 152 valence electrons. The van der Waals surface area contributed by atoms with E-state index in [-0.39, 0.29) is 5.91 Å². The molecule has 1 aliphatic rings. The fraction of sp³-hybridized carbons (Fsp3) is 0.130. The van der Waals surface area contributed by atoms with Crippen LogP contribution in [-0.4, -0.2) is 14.9 Å². The van der Waals surface area contributed by atoms with Crippen LogP contribution in [0.5, 0.6) is 5.75 Å². The molecule has 0 N–H and O–H groups in total. The normalized spacial score (nSPS) is 15.3. The van der Waals surface area contributed by atoms with Crippen molar-refractivity contribution in [2.45, 2.75) is 20.5 Å². The van der Waals surface area contributed by atoms with Gasteiger partial charge in [0, 0.05) is 22.0 Å².